The lowest BCUT2D eigenvalue weighted by Gasteiger charge is -2.11. The molecule has 0 heterocycles. The highest BCUT2D eigenvalue weighted by Crippen LogP contribution is 2.33. The van der Waals surface area contributed by atoms with Crippen LogP contribution in [-0.2, 0) is 4.79 Å². The van der Waals surface area contributed by atoms with Gasteiger partial charge in [0.2, 0.25) is 0 Å². The van der Waals surface area contributed by atoms with Crippen LogP contribution in [0.5, 0.6) is 23.0 Å². The maximum Gasteiger partial charge on any atom is 0.259 e. The number of ether oxygens (including phenoxy) is 4. The van der Waals surface area contributed by atoms with E-state index in [4.69, 9.17) is 18.9 Å². The van der Waals surface area contributed by atoms with Gasteiger partial charge in [0.25, 0.3) is 11.8 Å². The minimum atomic E-state index is -0.484. The highest BCUT2D eigenvalue weighted by atomic mass is 16.5. The Morgan fingerprint density at radius 2 is 1.52 bits per heavy atom. The number of rotatable bonds is 9. The number of hydrogen-bond acceptors (Lipinski definition) is 7. The van der Waals surface area contributed by atoms with Crippen molar-refractivity contribution >= 4 is 18.0 Å². The molecular weight excluding hydrogens is 378 g/mol. The van der Waals surface area contributed by atoms with Crippen LogP contribution in [0.15, 0.2) is 41.5 Å². The molecule has 0 saturated heterocycles. The largest absolute Gasteiger partial charge is 0.497 e. The Kier molecular flexibility index (Phi) is 7.84. The predicted molar refractivity (Wildman–Crippen MR) is 107 cm³/mol. The molecule has 0 radical (unpaired) electrons. The molecule has 9 heteroatoms. The summed E-state index contributed by atoms with van der Waals surface area (Å²) in [6, 6.07) is 9.85. The molecule has 2 aromatic rings. The second-order valence-electron chi connectivity index (χ2n) is 5.65. The maximum absolute atomic E-state index is 12.0. The number of nitrogens with zero attached hydrogens (tertiary/aromatic N) is 1. The van der Waals surface area contributed by atoms with E-state index in [0.29, 0.717) is 34.1 Å². The van der Waals surface area contributed by atoms with Gasteiger partial charge < -0.3 is 24.3 Å². The Hall–Kier alpha value is -3.75. The molecule has 9 nitrogen and oxygen atoms in total. The Balaban J connectivity index is 1.92. The van der Waals surface area contributed by atoms with Gasteiger partial charge in [-0.25, -0.2) is 5.43 Å². The Morgan fingerprint density at radius 1 is 0.897 bits per heavy atom. The van der Waals surface area contributed by atoms with E-state index in [9.17, 15) is 9.59 Å². The summed E-state index contributed by atoms with van der Waals surface area (Å²) in [6.07, 6.45) is 1.41. The number of nitrogens with one attached hydrogen (secondary N) is 2. The molecule has 0 saturated carbocycles. The zero-order valence-electron chi connectivity index (χ0n) is 16.6. The quantitative estimate of drug-likeness (QED) is 0.488. The minimum Gasteiger partial charge on any atom is -0.497 e. The standard InChI is InChI=1S/C20H23N3O6/c1-26-15-7-5-13(6-8-15)20(25)21-12-19(24)23-22-11-14-9-17(28-3)18(29-4)10-16(14)27-2/h5-11H,12H2,1-4H3,(H,21,25)(H,23,24). The zero-order chi connectivity index (χ0) is 21.2. The molecular formula is C20H23N3O6. The van der Waals surface area contributed by atoms with Gasteiger partial charge in [0.05, 0.1) is 41.2 Å². The van der Waals surface area contributed by atoms with Crippen molar-refractivity contribution in [2.75, 3.05) is 35.0 Å². The van der Waals surface area contributed by atoms with E-state index < -0.39 is 5.91 Å². The molecule has 0 aliphatic rings. The summed E-state index contributed by atoms with van der Waals surface area (Å²) in [7, 11) is 6.08. The van der Waals surface area contributed by atoms with Crippen LogP contribution in [0.2, 0.25) is 0 Å². The maximum atomic E-state index is 12.0. The first-order valence-electron chi connectivity index (χ1n) is 8.56. The number of carbonyl (C=O) groups excluding carboxylic acids is 2. The molecule has 29 heavy (non-hydrogen) atoms. The van der Waals surface area contributed by atoms with Crippen LogP contribution in [0, 0.1) is 0 Å². The van der Waals surface area contributed by atoms with Crippen molar-refractivity contribution in [2.24, 2.45) is 5.10 Å². The topological polar surface area (TPSA) is 107 Å². The normalized spacial score (nSPS) is 10.3. The fourth-order valence-electron chi connectivity index (χ4n) is 2.37. The smallest absolute Gasteiger partial charge is 0.259 e. The lowest BCUT2D eigenvalue weighted by atomic mass is 10.2. The van der Waals surface area contributed by atoms with Gasteiger partial charge in [-0.05, 0) is 30.3 Å². The molecule has 2 amide bonds. The van der Waals surface area contributed by atoms with Crippen molar-refractivity contribution in [1.82, 2.24) is 10.7 Å². The van der Waals surface area contributed by atoms with Crippen molar-refractivity contribution in [1.29, 1.82) is 0 Å². The van der Waals surface area contributed by atoms with Crippen LogP contribution in [0.25, 0.3) is 0 Å². The predicted octanol–water partition coefficient (Wildman–Crippen LogP) is 1.60. The summed E-state index contributed by atoms with van der Waals surface area (Å²) in [5, 5.41) is 6.40. The van der Waals surface area contributed by atoms with Gasteiger partial charge in [-0.2, -0.15) is 5.10 Å². The summed E-state index contributed by atoms with van der Waals surface area (Å²) in [6.45, 7) is -0.231. The molecule has 0 unspecified atom stereocenters. The zero-order valence-corrected chi connectivity index (χ0v) is 16.6. The third kappa shape index (κ3) is 5.86. The molecule has 0 fully saturated rings. The lowest BCUT2D eigenvalue weighted by Crippen LogP contribution is -2.34. The van der Waals surface area contributed by atoms with Gasteiger partial charge >= 0.3 is 0 Å². The fraction of sp³-hybridized carbons (Fsp3) is 0.250. The van der Waals surface area contributed by atoms with E-state index in [1.165, 1.54) is 34.7 Å². The highest BCUT2D eigenvalue weighted by Gasteiger charge is 2.11. The first-order valence-corrected chi connectivity index (χ1v) is 8.56. The van der Waals surface area contributed by atoms with E-state index in [0.717, 1.165) is 0 Å². The molecule has 2 rings (SSSR count). The highest BCUT2D eigenvalue weighted by molar-refractivity contribution is 5.96. The van der Waals surface area contributed by atoms with E-state index in [1.54, 1.807) is 36.4 Å². The van der Waals surface area contributed by atoms with E-state index in [2.05, 4.69) is 15.8 Å². The fourth-order valence-corrected chi connectivity index (χ4v) is 2.37. The van der Waals surface area contributed by atoms with Gasteiger partial charge in [0.1, 0.15) is 11.5 Å². The van der Waals surface area contributed by atoms with Crippen molar-refractivity contribution in [2.45, 2.75) is 0 Å². The molecule has 0 aliphatic heterocycles. The molecule has 0 aliphatic carbocycles. The SMILES string of the molecule is COc1ccc(C(=O)NCC(=O)NN=Cc2cc(OC)c(OC)cc2OC)cc1. The summed E-state index contributed by atoms with van der Waals surface area (Å²) >= 11 is 0. The summed E-state index contributed by atoms with van der Waals surface area (Å²) in [4.78, 5) is 24.0. The lowest BCUT2D eigenvalue weighted by molar-refractivity contribution is -0.120. The van der Waals surface area contributed by atoms with Crippen LogP contribution >= 0.6 is 0 Å². The van der Waals surface area contributed by atoms with Crippen molar-refractivity contribution in [3.05, 3.63) is 47.5 Å². The number of hydrazone groups is 1. The van der Waals surface area contributed by atoms with Crippen LogP contribution in [-0.4, -0.2) is 53.0 Å². The van der Waals surface area contributed by atoms with Crippen molar-refractivity contribution in [3.8, 4) is 23.0 Å². The average molecular weight is 401 g/mol. The second-order valence-corrected chi connectivity index (χ2v) is 5.65. The number of methoxy groups -OCH3 is 4. The number of carbonyl (C=O) groups is 2. The minimum absolute atomic E-state index is 0.231. The number of hydrogen-bond donors (Lipinski definition) is 2. The Morgan fingerprint density at radius 3 is 2.10 bits per heavy atom. The second kappa shape index (κ2) is 10.5. The van der Waals surface area contributed by atoms with Crippen LogP contribution in [0.3, 0.4) is 0 Å². The molecule has 0 spiro atoms. The van der Waals surface area contributed by atoms with Gasteiger partial charge in [-0.1, -0.05) is 0 Å². The van der Waals surface area contributed by atoms with Gasteiger partial charge in [-0.15, -0.1) is 0 Å². The number of benzene rings is 2. The summed E-state index contributed by atoms with van der Waals surface area (Å²) < 4.78 is 20.8. The molecule has 0 atom stereocenters. The van der Waals surface area contributed by atoms with Crippen molar-refractivity contribution in [3.63, 3.8) is 0 Å². The number of amides is 2. The van der Waals surface area contributed by atoms with E-state index in [-0.39, 0.29) is 12.5 Å². The Labute approximate surface area is 168 Å². The first-order chi connectivity index (χ1) is 14.0. The average Bonchev–Trinajstić information content (AvgIpc) is 2.76. The molecule has 0 bridgehead atoms. The Bertz CT molecular complexity index is 881. The van der Waals surface area contributed by atoms with Crippen LogP contribution in [0.4, 0.5) is 0 Å². The summed E-state index contributed by atoms with van der Waals surface area (Å²) in [5.41, 5.74) is 3.33. The third-order valence-electron chi connectivity index (χ3n) is 3.89. The molecule has 2 N–H and O–H groups in total. The van der Waals surface area contributed by atoms with Gasteiger partial charge in [0.15, 0.2) is 11.5 Å². The monoisotopic (exact) mass is 401 g/mol. The van der Waals surface area contributed by atoms with Gasteiger partial charge in [-0.3, -0.25) is 9.59 Å². The van der Waals surface area contributed by atoms with Gasteiger partial charge in [0, 0.05) is 17.2 Å². The van der Waals surface area contributed by atoms with E-state index >= 15 is 0 Å². The molecule has 2 aromatic carbocycles. The first kappa shape index (κ1) is 21.5. The van der Waals surface area contributed by atoms with Crippen LogP contribution < -0.4 is 29.7 Å². The van der Waals surface area contributed by atoms with Crippen molar-refractivity contribution < 1.29 is 28.5 Å². The van der Waals surface area contributed by atoms with Crippen LogP contribution in [0.1, 0.15) is 15.9 Å². The molecule has 154 valence electrons. The third-order valence-corrected chi connectivity index (χ3v) is 3.89. The molecule has 0 aromatic heterocycles. The van der Waals surface area contributed by atoms with E-state index in [1.807, 2.05) is 0 Å². The summed E-state index contributed by atoms with van der Waals surface area (Å²) in [5.74, 6) is 1.27.